The van der Waals surface area contributed by atoms with Gasteiger partial charge in [-0.3, -0.25) is 9.69 Å². The molecule has 33 heavy (non-hydrogen) atoms. The van der Waals surface area contributed by atoms with Gasteiger partial charge in [0.1, 0.15) is 21.7 Å². The molecular weight excluding hydrogens is 462 g/mol. The number of carbonyl (C=O) groups is 1. The Bertz CT molecular complexity index is 1170. The third-order valence-corrected chi connectivity index (χ3v) is 9.89. The van der Waals surface area contributed by atoms with Gasteiger partial charge < -0.3 is 9.84 Å². The normalized spacial score (nSPS) is 18.8. The number of nitriles is 1. The lowest BCUT2D eigenvalue weighted by Crippen LogP contribution is -2.54. The summed E-state index contributed by atoms with van der Waals surface area (Å²) in [5.74, 6) is 0.107. The monoisotopic (exact) mass is 491 g/mol. The van der Waals surface area contributed by atoms with E-state index in [0.29, 0.717) is 29.3 Å². The van der Waals surface area contributed by atoms with E-state index in [2.05, 4.69) is 16.5 Å². The highest BCUT2D eigenvalue weighted by molar-refractivity contribution is 7.89. The van der Waals surface area contributed by atoms with E-state index in [0.717, 1.165) is 31.2 Å². The minimum Gasteiger partial charge on any atom is -0.360 e. The van der Waals surface area contributed by atoms with Crippen molar-refractivity contribution in [2.75, 3.05) is 31.5 Å². The summed E-state index contributed by atoms with van der Waals surface area (Å²) >= 11 is 1.52. The van der Waals surface area contributed by atoms with Gasteiger partial charge >= 0.3 is 0 Å². The molecule has 1 amide bonds. The number of piperazine rings is 1. The van der Waals surface area contributed by atoms with Crippen LogP contribution in [0.1, 0.15) is 53.6 Å². The van der Waals surface area contributed by atoms with Gasteiger partial charge in [-0.15, -0.1) is 11.3 Å². The molecule has 11 heteroatoms. The third kappa shape index (κ3) is 4.57. The molecule has 3 heterocycles. The van der Waals surface area contributed by atoms with E-state index in [1.54, 1.807) is 13.8 Å². The Kier molecular flexibility index (Phi) is 6.91. The lowest BCUT2D eigenvalue weighted by atomic mass is 10.1. The van der Waals surface area contributed by atoms with Crippen molar-refractivity contribution in [3.63, 3.8) is 0 Å². The lowest BCUT2D eigenvalue weighted by molar-refractivity contribution is -0.121. The van der Waals surface area contributed by atoms with Crippen LogP contribution in [0.3, 0.4) is 0 Å². The molecule has 0 bridgehead atoms. The Hall–Kier alpha value is -2.26. The molecule has 1 aliphatic carbocycles. The second kappa shape index (κ2) is 9.54. The highest BCUT2D eigenvalue weighted by atomic mass is 32.2. The van der Waals surface area contributed by atoms with Crippen LogP contribution in [0.25, 0.3) is 0 Å². The fourth-order valence-corrected chi connectivity index (χ4v) is 7.59. The molecule has 2 aliphatic rings. The summed E-state index contributed by atoms with van der Waals surface area (Å²) in [6.07, 6.45) is 5.21. The standard InChI is InChI=1S/C22H29N5O4S2/c1-14-20(16(3)31-25-14)33(29,30)27-11-9-26(10-12-27)15(2)21(28)24-22-18(13-23)17-7-5-4-6-8-19(17)32-22/h15H,4-12H2,1-3H3,(H,24,28)/t15-/m0/s1. The molecule has 2 aromatic heterocycles. The van der Waals surface area contributed by atoms with Crippen LogP contribution in [0.2, 0.25) is 0 Å². The van der Waals surface area contributed by atoms with E-state index < -0.39 is 16.1 Å². The first kappa shape index (κ1) is 23.9. The largest absolute Gasteiger partial charge is 0.360 e. The van der Waals surface area contributed by atoms with Crippen LogP contribution >= 0.6 is 11.3 Å². The van der Waals surface area contributed by atoms with Gasteiger partial charge in [-0.2, -0.15) is 9.57 Å². The highest BCUT2D eigenvalue weighted by Gasteiger charge is 2.35. The second-order valence-electron chi connectivity index (χ2n) is 8.64. The molecule has 9 nitrogen and oxygen atoms in total. The van der Waals surface area contributed by atoms with Gasteiger partial charge in [-0.05, 0) is 52.0 Å². The average molecular weight is 492 g/mol. The summed E-state index contributed by atoms with van der Waals surface area (Å²) in [4.78, 5) is 16.3. The third-order valence-electron chi connectivity index (χ3n) is 6.54. The number of anilines is 1. The zero-order valence-corrected chi connectivity index (χ0v) is 20.8. The van der Waals surface area contributed by atoms with E-state index in [4.69, 9.17) is 4.52 Å². The number of sulfonamides is 1. The van der Waals surface area contributed by atoms with Gasteiger partial charge in [0.25, 0.3) is 0 Å². The number of nitrogens with one attached hydrogen (secondary N) is 1. The van der Waals surface area contributed by atoms with E-state index in [-0.39, 0.29) is 29.7 Å². The maximum atomic E-state index is 13.0. The van der Waals surface area contributed by atoms with Crippen molar-refractivity contribution in [1.29, 1.82) is 5.26 Å². The highest BCUT2D eigenvalue weighted by Crippen LogP contribution is 2.37. The summed E-state index contributed by atoms with van der Waals surface area (Å²) < 4.78 is 32.5. The summed E-state index contributed by atoms with van der Waals surface area (Å²) in [7, 11) is -3.70. The molecule has 0 aromatic carbocycles. The van der Waals surface area contributed by atoms with Gasteiger partial charge in [-0.25, -0.2) is 8.42 Å². The predicted molar refractivity (Wildman–Crippen MR) is 125 cm³/mol. The molecule has 2 aromatic rings. The number of nitrogens with zero attached hydrogens (tertiary/aromatic N) is 4. The number of hydrogen-bond donors (Lipinski definition) is 1. The first-order chi connectivity index (χ1) is 15.7. The molecule has 0 saturated carbocycles. The molecule has 1 atom stereocenters. The number of fused-ring (bicyclic) bond motifs is 1. The lowest BCUT2D eigenvalue weighted by Gasteiger charge is -2.36. The number of aryl methyl sites for hydroxylation is 3. The van der Waals surface area contributed by atoms with E-state index in [1.807, 2.05) is 11.8 Å². The van der Waals surface area contributed by atoms with Gasteiger partial charge in [0.2, 0.25) is 15.9 Å². The number of carbonyl (C=O) groups excluding carboxylic acids is 1. The van der Waals surface area contributed by atoms with Crippen molar-refractivity contribution in [3.8, 4) is 6.07 Å². The summed E-state index contributed by atoms with van der Waals surface area (Å²) in [6.45, 7) is 6.45. The summed E-state index contributed by atoms with van der Waals surface area (Å²) in [6, 6.07) is 1.85. The Balaban J connectivity index is 1.41. The zero-order valence-electron chi connectivity index (χ0n) is 19.2. The van der Waals surface area contributed by atoms with Gasteiger partial charge in [0.15, 0.2) is 5.76 Å². The second-order valence-corrected chi connectivity index (χ2v) is 11.6. The number of amides is 1. The van der Waals surface area contributed by atoms with Gasteiger partial charge in [0.05, 0.1) is 11.6 Å². The molecule has 0 unspecified atom stereocenters. The van der Waals surface area contributed by atoms with Crippen molar-refractivity contribution in [1.82, 2.24) is 14.4 Å². The summed E-state index contributed by atoms with van der Waals surface area (Å²) in [5, 5.41) is 17.1. The maximum Gasteiger partial charge on any atom is 0.248 e. The van der Waals surface area contributed by atoms with Crippen LogP contribution in [-0.4, -0.2) is 60.9 Å². The van der Waals surface area contributed by atoms with Gasteiger partial charge in [0, 0.05) is 31.1 Å². The van der Waals surface area contributed by atoms with Crippen LogP contribution in [0.4, 0.5) is 5.00 Å². The molecule has 0 spiro atoms. The molecule has 178 valence electrons. The Labute approximate surface area is 198 Å². The Morgan fingerprint density at radius 1 is 1.18 bits per heavy atom. The molecule has 1 aliphatic heterocycles. The molecule has 4 rings (SSSR count). The zero-order chi connectivity index (χ0) is 23.8. The van der Waals surface area contributed by atoms with Gasteiger partial charge in [-0.1, -0.05) is 11.6 Å². The number of rotatable bonds is 5. The quantitative estimate of drug-likeness (QED) is 0.639. The molecule has 1 fully saturated rings. The van der Waals surface area contributed by atoms with Crippen LogP contribution in [0.15, 0.2) is 9.42 Å². The fraction of sp³-hybridized carbons (Fsp3) is 0.591. The topological polar surface area (TPSA) is 120 Å². The fourth-order valence-electron chi connectivity index (χ4n) is 4.63. The number of hydrogen-bond acceptors (Lipinski definition) is 8. The van der Waals surface area contributed by atoms with Crippen molar-refractivity contribution in [2.45, 2.75) is 63.8 Å². The van der Waals surface area contributed by atoms with Crippen LogP contribution in [0.5, 0.6) is 0 Å². The number of aromatic nitrogens is 1. The molecule has 0 radical (unpaired) electrons. The van der Waals surface area contributed by atoms with Crippen molar-refractivity contribution < 1.29 is 17.7 Å². The van der Waals surface area contributed by atoms with Crippen molar-refractivity contribution in [3.05, 3.63) is 27.5 Å². The van der Waals surface area contributed by atoms with Crippen LogP contribution in [0, 0.1) is 25.2 Å². The Morgan fingerprint density at radius 2 is 1.88 bits per heavy atom. The van der Waals surface area contributed by atoms with E-state index in [9.17, 15) is 18.5 Å². The Morgan fingerprint density at radius 3 is 2.52 bits per heavy atom. The first-order valence-corrected chi connectivity index (χ1v) is 13.5. The SMILES string of the molecule is Cc1noc(C)c1S(=O)(=O)N1CCN([C@@H](C)C(=O)Nc2sc3c(c2C#N)CCCCC3)CC1. The molecular formula is C22H29N5O4S2. The minimum atomic E-state index is -3.70. The molecule has 1 saturated heterocycles. The van der Waals surface area contributed by atoms with Crippen molar-refractivity contribution >= 4 is 32.3 Å². The van der Waals surface area contributed by atoms with E-state index >= 15 is 0 Å². The predicted octanol–water partition coefficient (Wildman–Crippen LogP) is 2.83. The summed E-state index contributed by atoms with van der Waals surface area (Å²) in [5.41, 5.74) is 2.05. The number of thiophene rings is 1. The van der Waals surface area contributed by atoms with Crippen molar-refractivity contribution in [2.24, 2.45) is 0 Å². The minimum absolute atomic E-state index is 0.128. The van der Waals surface area contributed by atoms with E-state index in [1.165, 1.54) is 26.9 Å². The maximum absolute atomic E-state index is 13.0. The first-order valence-electron chi connectivity index (χ1n) is 11.3. The molecule has 1 N–H and O–H groups in total. The van der Waals surface area contributed by atoms with Crippen LogP contribution < -0.4 is 5.32 Å². The smallest absolute Gasteiger partial charge is 0.248 e. The van der Waals surface area contributed by atoms with Crippen LogP contribution in [-0.2, 0) is 27.7 Å². The average Bonchev–Trinajstić information content (AvgIpc) is 3.21.